The van der Waals surface area contributed by atoms with Crippen LogP contribution >= 0.6 is 0 Å². The van der Waals surface area contributed by atoms with E-state index >= 15 is 0 Å². The van der Waals surface area contributed by atoms with Crippen molar-refractivity contribution < 1.29 is 18.0 Å². The summed E-state index contributed by atoms with van der Waals surface area (Å²) >= 11 is 0. The summed E-state index contributed by atoms with van der Waals surface area (Å²) in [6.07, 6.45) is 1.15. The molecule has 0 aromatic heterocycles. The maximum atomic E-state index is 13.7. The Morgan fingerprint density at radius 3 is 2.26 bits per heavy atom. The van der Waals surface area contributed by atoms with Crippen LogP contribution in [0.25, 0.3) is 0 Å². The van der Waals surface area contributed by atoms with Crippen LogP contribution in [0.1, 0.15) is 23.7 Å². The Labute approximate surface area is 156 Å². The summed E-state index contributed by atoms with van der Waals surface area (Å²) in [7, 11) is 0. The first-order valence-corrected chi connectivity index (χ1v) is 9.01. The predicted octanol–water partition coefficient (Wildman–Crippen LogP) is 3.89. The van der Waals surface area contributed by atoms with Gasteiger partial charge in [0.1, 0.15) is 0 Å². The third kappa shape index (κ3) is 4.42. The van der Waals surface area contributed by atoms with Crippen LogP contribution in [0.5, 0.6) is 0 Å². The minimum Gasteiger partial charge on any atom is -0.369 e. The van der Waals surface area contributed by atoms with Gasteiger partial charge in [-0.2, -0.15) is 0 Å². The van der Waals surface area contributed by atoms with Gasteiger partial charge in [-0.1, -0.05) is 6.92 Å². The molecule has 1 aliphatic rings. The smallest absolute Gasteiger partial charge is 0.258 e. The number of amides is 1. The van der Waals surface area contributed by atoms with Gasteiger partial charge in [-0.15, -0.1) is 0 Å². The third-order valence-corrected chi connectivity index (χ3v) is 4.68. The van der Waals surface area contributed by atoms with E-state index in [0.29, 0.717) is 5.69 Å². The molecule has 144 valence electrons. The number of carbonyl (C=O) groups excluding carboxylic acids is 1. The monoisotopic (exact) mass is 377 g/mol. The van der Waals surface area contributed by atoms with Crippen molar-refractivity contribution in [2.45, 2.75) is 13.3 Å². The molecule has 1 amide bonds. The molecule has 4 nitrogen and oxygen atoms in total. The van der Waals surface area contributed by atoms with Crippen molar-refractivity contribution in [1.82, 2.24) is 4.90 Å². The average Bonchev–Trinajstić information content (AvgIpc) is 2.68. The lowest BCUT2D eigenvalue weighted by molar-refractivity contribution is 0.102. The van der Waals surface area contributed by atoms with E-state index in [2.05, 4.69) is 22.0 Å². The first kappa shape index (κ1) is 19.2. The second-order valence-corrected chi connectivity index (χ2v) is 6.55. The maximum Gasteiger partial charge on any atom is 0.258 e. The minimum absolute atomic E-state index is 0.456. The highest BCUT2D eigenvalue weighted by Crippen LogP contribution is 2.21. The number of anilines is 2. The molecular formula is C20H22F3N3O. The molecule has 1 aliphatic heterocycles. The summed E-state index contributed by atoms with van der Waals surface area (Å²) in [5.74, 6) is -5.30. The van der Waals surface area contributed by atoms with Gasteiger partial charge in [-0.05, 0) is 49.4 Å². The van der Waals surface area contributed by atoms with Crippen LogP contribution in [0.4, 0.5) is 24.5 Å². The number of piperazine rings is 1. The van der Waals surface area contributed by atoms with E-state index in [9.17, 15) is 18.0 Å². The van der Waals surface area contributed by atoms with Crippen LogP contribution in [0.15, 0.2) is 36.4 Å². The van der Waals surface area contributed by atoms with Gasteiger partial charge in [0.25, 0.3) is 5.91 Å². The number of rotatable bonds is 5. The van der Waals surface area contributed by atoms with Crippen molar-refractivity contribution in [3.63, 3.8) is 0 Å². The molecule has 2 aromatic rings. The Kier molecular flexibility index (Phi) is 6.01. The summed E-state index contributed by atoms with van der Waals surface area (Å²) < 4.78 is 40.0. The lowest BCUT2D eigenvalue weighted by Gasteiger charge is -2.36. The van der Waals surface area contributed by atoms with Gasteiger partial charge in [0.15, 0.2) is 17.5 Å². The molecule has 1 fully saturated rings. The van der Waals surface area contributed by atoms with E-state index in [1.165, 1.54) is 0 Å². The van der Waals surface area contributed by atoms with Gasteiger partial charge in [-0.3, -0.25) is 9.69 Å². The molecule has 7 heteroatoms. The van der Waals surface area contributed by atoms with E-state index < -0.39 is 28.9 Å². The quantitative estimate of drug-likeness (QED) is 0.803. The largest absolute Gasteiger partial charge is 0.369 e. The first-order valence-electron chi connectivity index (χ1n) is 9.01. The number of hydrogen-bond acceptors (Lipinski definition) is 3. The van der Waals surface area contributed by atoms with Crippen molar-refractivity contribution in [3.8, 4) is 0 Å². The molecule has 0 atom stereocenters. The number of nitrogens with zero attached hydrogens (tertiary/aromatic N) is 2. The zero-order chi connectivity index (χ0) is 19.4. The topological polar surface area (TPSA) is 35.6 Å². The standard InChI is InChI=1S/C20H22F3N3O/c1-2-9-25-10-12-26(13-11-25)15-5-3-14(4-6-15)24-20(27)16-7-8-17(21)19(23)18(16)22/h3-8H,2,9-13H2,1H3,(H,24,27). The Bertz CT molecular complexity index is 803. The van der Waals surface area contributed by atoms with Gasteiger partial charge < -0.3 is 10.2 Å². The molecule has 0 unspecified atom stereocenters. The van der Waals surface area contributed by atoms with Crippen LogP contribution in [0.2, 0.25) is 0 Å². The van der Waals surface area contributed by atoms with Crippen molar-refractivity contribution >= 4 is 17.3 Å². The third-order valence-electron chi connectivity index (χ3n) is 4.68. The lowest BCUT2D eigenvalue weighted by atomic mass is 10.1. The molecule has 0 aliphatic carbocycles. The van der Waals surface area contributed by atoms with Crippen molar-refractivity contribution in [1.29, 1.82) is 0 Å². The minimum atomic E-state index is -1.65. The van der Waals surface area contributed by atoms with Crippen molar-refractivity contribution in [2.24, 2.45) is 0 Å². The second kappa shape index (κ2) is 8.43. The molecule has 0 bridgehead atoms. The maximum absolute atomic E-state index is 13.7. The predicted molar refractivity (Wildman–Crippen MR) is 99.7 cm³/mol. The van der Waals surface area contributed by atoms with Gasteiger partial charge in [0.05, 0.1) is 5.56 Å². The molecule has 0 spiro atoms. The summed E-state index contributed by atoms with van der Waals surface area (Å²) in [4.78, 5) is 16.8. The van der Waals surface area contributed by atoms with Crippen LogP contribution in [-0.4, -0.2) is 43.5 Å². The zero-order valence-electron chi connectivity index (χ0n) is 15.1. The van der Waals surface area contributed by atoms with E-state index in [0.717, 1.165) is 57.0 Å². The summed E-state index contributed by atoms with van der Waals surface area (Å²) in [6, 6.07) is 8.84. The summed E-state index contributed by atoms with van der Waals surface area (Å²) in [5.41, 5.74) is 0.964. The molecule has 1 N–H and O–H groups in total. The molecule has 1 saturated heterocycles. The molecule has 1 heterocycles. The Balaban J connectivity index is 1.63. The van der Waals surface area contributed by atoms with Crippen LogP contribution < -0.4 is 10.2 Å². The van der Waals surface area contributed by atoms with Crippen molar-refractivity contribution in [2.75, 3.05) is 42.9 Å². The van der Waals surface area contributed by atoms with Gasteiger partial charge in [0, 0.05) is 37.6 Å². The van der Waals surface area contributed by atoms with Gasteiger partial charge in [-0.25, -0.2) is 13.2 Å². The fourth-order valence-corrected chi connectivity index (χ4v) is 3.20. The number of benzene rings is 2. The SMILES string of the molecule is CCCN1CCN(c2ccc(NC(=O)c3ccc(F)c(F)c3F)cc2)CC1. The van der Waals surface area contributed by atoms with Gasteiger partial charge >= 0.3 is 0 Å². The molecule has 27 heavy (non-hydrogen) atoms. The summed E-state index contributed by atoms with van der Waals surface area (Å²) in [5, 5.41) is 2.50. The molecule has 3 rings (SSSR count). The van der Waals surface area contributed by atoms with E-state index in [1.807, 2.05) is 12.1 Å². The van der Waals surface area contributed by atoms with Crippen LogP contribution in [0, 0.1) is 17.5 Å². The number of hydrogen-bond donors (Lipinski definition) is 1. The van der Waals surface area contributed by atoms with Crippen LogP contribution in [0.3, 0.4) is 0 Å². The fourth-order valence-electron chi connectivity index (χ4n) is 3.20. The van der Waals surface area contributed by atoms with Crippen molar-refractivity contribution in [3.05, 3.63) is 59.4 Å². The number of nitrogens with one attached hydrogen (secondary N) is 1. The fraction of sp³-hybridized carbons (Fsp3) is 0.350. The highest BCUT2D eigenvalue weighted by atomic mass is 19.2. The highest BCUT2D eigenvalue weighted by molar-refractivity contribution is 6.04. The highest BCUT2D eigenvalue weighted by Gasteiger charge is 2.19. The molecule has 2 aromatic carbocycles. The molecule has 0 radical (unpaired) electrons. The van der Waals surface area contributed by atoms with E-state index in [-0.39, 0.29) is 0 Å². The lowest BCUT2D eigenvalue weighted by Crippen LogP contribution is -2.46. The Hall–Kier alpha value is -2.54. The van der Waals surface area contributed by atoms with E-state index in [4.69, 9.17) is 0 Å². The normalized spacial score (nSPS) is 15.0. The Morgan fingerprint density at radius 1 is 0.963 bits per heavy atom. The molecular weight excluding hydrogens is 355 g/mol. The summed E-state index contributed by atoms with van der Waals surface area (Å²) in [6.45, 7) is 7.19. The second-order valence-electron chi connectivity index (χ2n) is 6.55. The average molecular weight is 377 g/mol. The first-order chi connectivity index (χ1) is 13.0. The Morgan fingerprint density at radius 2 is 1.63 bits per heavy atom. The number of carbonyl (C=O) groups is 1. The number of halogens is 3. The van der Waals surface area contributed by atoms with Crippen LogP contribution in [-0.2, 0) is 0 Å². The zero-order valence-corrected chi connectivity index (χ0v) is 15.1. The van der Waals surface area contributed by atoms with Gasteiger partial charge in [0.2, 0.25) is 0 Å². The van der Waals surface area contributed by atoms with E-state index in [1.54, 1.807) is 12.1 Å². The molecule has 0 saturated carbocycles.